The molecule has 0 aliphatic carbocycles. The molecule has 0 aliphatic rings. The van der Waals surface area contributed by atoms with Gasteiger partial charge in [0.25, 0.3) is 0 Å². The Bertz CT molecular complexity index is 238. The molecule has 0 saturated carbocycles. The zero-order valence-electron chi connectivity index (χ0n) is 8.52. The van der Waals surface area contributed by atoms with Crippen molar-refractivity contribution in [3.63, 3.8) is 0 Å². The third kappa shape index (κ3) is 4.35. The van der Waals surface area contributed by atoms with Crippen LogP contribution in [0.2, 0.25) is 0 Å². The molecule has 0 radical (unpaired) electrons. The Hall–Kier alpha value is -0.930. The first kappa shape index (κ1) is 11.1. The molecule has 1 atom stereocenters. The highest BCUT2D eigenvalue weighted by molar-refractivity contribution is 5.07. The van der Waals surface area contributed by atoms with E-state index in [2.05, 4.69) is 4.98 Å². The molecule has 0 saturated heterocycles. The fourth-order valence-corrected chi connectivity index (χ4v) is 1.18. The minimum atomic E-state index is 0.204. The van der Waals surface area contributed by atoms with Crippen LogP contribution in [0.15, 0.2) is 24.5 Å². The number of aromatic nitrogens is 1. The number of nitrogens with zero attached hydrogens (tertiary/aromatic N) is 1. The highest BCUT2D eigenvalue weighted by Gasteiger charge is 2.01. The smallest absolute Gasteiger partial charge is 0.0721 e. The van der Waals surface area contributed by atoms with Gasteiger partial charge in [-0.3, -0.25) is 4.98 Å². The van der Waals surface area contributed by atoms with Crippen LogP contribution in [0.5, 0.6) is 0 Å². The van der Waals surface area contributed by atoms with Crippen LogP contribution in [0, 0.1) is 0 Å². The zero-order chi connectivity index (χ0) is 10.2. The summed E-state index contributed by atoms with van der Waals surface area (Å²) in [6.45, 7) is 2.88. The van der Waals surface area contributed by atoms with Crippen LogP contribution in [-0.2, 0) is 11.3 Å². The SMILES string of the molecule is CC(CCCO)OCc1ccncc1. The normalized spacial score (nSPS) is 12.7. The van der Waals surface area contributed by atoms with Gasteiger partial charge < -0.3 is 9.84 Å². The van der Waals surface area contributed by atoms with E-state index in [1.807, 2.05) is 19.1 Å². The average Bonchev–Trinajstić information content (AvgIpc) is 2.25. The Morgan fingerprint density at radius 3 is 2.79 bits per heavy atom. The molecule has 14 heavy (non-hydrogen) atoms. The van der Waals surface area contributed by atoms with E-state index in [9.17, 15) is 0 Å². The molecule has 3 nitrogen and oxygen atoms in total. The molecule has 78 valence electrons. The predicted molar refractivity (Wildman–Crippen MR) is 54.8 cm³/mol. The first-order valence-electron chi connectivity index (χ1n) is 4.94. The van der Waals surface area contributed by atoms with Crippen LogP contribution < -0.4 is 0 Å². The summed E-state index contributed by atoms with van der Waals surface area (Å²) in [7, 11) is 0. The van der Waals surface area contributed by atoms with E-state index < -0.39 is 0 Å². The minimum Gasteiger partial charge on any atom is -0.396 e. The number of hydrogen-bond donors (Lipinski definition) is 1. The maximum Gasteiger partial charge on any atom is 0.0721 e. The fourth-order valence-electron chi connectivity index (χ4n) is 1.18. The summed E-state index contributed by atoms with van der Waals surface area (Å²) in [5.41, 5.74) is 1.14. The molecular formula is C11H17NO2. The minimum absolute atomic E-state index is 0.204. The van der Waals surface area contributed by atoms with E-state index in [1.165, 1.54) is 0 Å². The highest BCUT2D eigenvalue weighted by Crippen LogP contribution is 2.05. The van der Waals surface area contributed by atoms with Gasteiger partial charge >= 0.3 is 0 Å². The quantitative estimate of drug-likeness (QED) is 0.752. The first-order valence-corrected chi connectivity index (χ1v) is 4.94. The first-order chi connectivity index (χ1) is 6.83. The second kappa shape index (κ2) is 6.51. The standard InChI is InChI=1S/C11H17NO2/c1-10(3-2-8-13)14-9-11-4-6-12-7-5-11/h4-7,10,13H,2-3,8-9H2,1H3. The third-order valence-electron chi connectivity index (χ3n) is 2.05. The number of aliphatic hydroxyl groups excluding tert-OH is 1. The summed E-state index contributed by atoms with van der Waals surface area (Å²) in [6.07, 6.45) is 5.43. The lowest BCUT2D eigenvalue weighted by Crippen LogP contribution is -2.08. The highest BCUT2D eigenvalue weighted by atomic mass is 16.5. The fraction of sp³-hybridized carbons (Fsp3) is 0.545. The maximum absolute atomic E-state index is 8.64. The second-order valence-corrected chi connectivity index (χ2v) is 3.34. The summed E-state index contributed by atoms with van der Waals surface area (Å²) in [5.74, 6) is 0. The van der Waals surface area contributed by atoms with Gasteiger partial charge in [0, 0.05) is 19.0 Å². The molecule has 0 bridgehead atoms. The van der Waals surface area contributed by atoms with Gasteiger partial charge in [-0.25, -0.2) is 0 Å². The summed E-state index contributed by atoms with van der Waals surface area (Å²) < 4.78 is 5.59. The van der Waals surface area contributed by atoms with Crippen LogP contribution in [-0.4, -0.2) is 22.8 Å². The molecule has 1 unspecified atom stereocenters. The third-order valence-corrected chi connectivity index (χ3v) is 2.05. The lowest BCUT2D eigenvalue weighted by atomic mass is 10.2. The second-order valence-electron chi connectivity index (χ2n) is 3.34. The summed E-state index contributed by atoms with van der Waals surface area (Å²) in [5, 5.41) is 8.64. The number of rotatable bonds is 6. The summed E-state index contributed by atoms with van der Waals surface area (Å²) in [4.78, 5) is 3.93. The molecule has 1 aromatic rings. The topological polar surface area (TPSA) is 42.4 Å². The Kier molecular flexibility index (Phi) is 5.19. The van der Waals surface area contributed by atoms with Crippen molar-refractivity contribution in [1.82, 2.24) is 4.98 Å². The van der Waals surface area contributed by atoms with E-state index in [1.54, 1.807) is 12.4 Å². The average molecular weight is 195 g/mol. The summed E-state index contributed by atoms with van der Waals surface area (Å²) in [6, 6.07) is 3.89. The van der Waals surface area contributed by atoms with Crippen LogP contribution >= 0.6 is 0 Å². The monoisotopic (exact) mass is 195 g/mol. The largest absolute Gasteiger partial charge is 0.396 e. The van der Waals surface area contributed by atoms with Crippen LogP contribution in [0.4, 0.5) is 0 Å². The van der Waals surface area contributed by atoms with Crippen molar-refractivity contribution in [2.45, 2.75) is 32.5 Å². The van der Waals surface area contributed by atoms with Crippen LogP contribution in [0.1, 0.15) is 25.3 Å². The van der Waals surface area contributed by atoms with Crippen LogP contribution in [0.3, 0.4) is 0 Å². The van der Waals surface area contributed by atoms with Gasteiger partial charge in [0.15, 0.2) is 0 Å². The molecular weight excluding hydrogens is 178 g/mol. The van der Waals surface area contributed by atoms with Crippen molar-refractivity contribution in [1.29, 1.82) is 0 Å². The maximum atomic E-state index is 8.64. The van der Waals surface area contributed by atoms with Crippen LogP contribution in [0.25, 0.3) is 0 Å². The van der Waals surface area contributed by atoms with E-state index in [0.29, 0.717) is 6.61 Å². The molecule has 1 aromatic heterocycles. The van der Waals surface area contributed by atoms with E-state index in [-0.39, 0.29) is 12.7 Å². The molecule has 0 aromatic carbocycles. The van der Waals surface area contributed by atoms with Crippen molar-refractivity contribution in [2.24, 2.45) is 0 Å². The number of ether oxygens (including phenoxy) is 1. The Morgan fingerprint density at radius 1 is 1.43 bits per heavy atom. The van der Waals surface area contributed by atoms with Gasteiger partial charge in [-0.2, -0.15) is 0 Å². The van der Waals surface area contributed by atoms with Gasteiger partial charge in [0.05, 0.1) is 12.7 Å². The molecule has 0 aliphatic heterocycles. The van der Waals surface area contributed by atoms with Crippen molar-refractivity contribution in [3.05, 3.63) is 30.1 Å². The Balaban J connectivity index is 2.20. The Morgan fingerprint density at radius 2 is 2.14 bits per heavy atom. The lowest BCUT2D eigenvalue weighted by Gasteiger charge is -2.11. The molecule has 0 amide bonds. The molecule has 3 heteroatoms. The van der Waals surface area contributed by atoms with E-state index in [4.69, 9.17) is 9.84 Å². The lowest BCUT2D eigenvalue weighted by molar-refractivity contribution is 0.0431. The van der Waals surface area contributed by atoms with Crippen molar-refractivity contribution in [2.75, 3.05) is 6.61 Å². The predicted octanol–water partition coefficient (Wildman–Crippen LogP) is 1.76. The van der Waals surface area contributed by atoms with Gasteiger partial charge in [-0.15, -0.1) is 0 Å². The Labute approximate surface area is 84.7 Å². The van der Waals surface area contributed by atoms with Crippen molar-refractivity contribution in [3.8, 4) is 0 Å². The molecule has 1 heterocycles. The summed E-state index contributed by atoms with van der Waals surface area (Å²) >= 11 is 0. The van der Waals surface area contributed by atoms with Gasteiger partial charge in [0.2, 0.25) is 0 Å². The zero-order valence-corrected chi connectivity index (χ0v) is 8.52. The van der Waals surface area contributed by atoms with E-state index >= 15 is 0 Å². The van der Waals surface area contributed by atoms with Gasteiger partial charge in [-0.1, -0.05) is 0 Å². The molecule has 0 spiro atoms. The van der Waals surface area contributed by atoms with Crippen molar-refractivity contribution < 1.29 is 9.84 Å². The number of pyridine rings is 1. The van der Waals surface area contributed by atoms with Gasteiger partial charge in [-0.05, 0) is 37.5 Å². The van der Waals surface area contributed by atoms with Crippen molar-refractivity contribution >= 4 is 0 Å². The van der Waals surface area contributed by atoms with Gasteiger partial charge in [0.1, 0.15) is 0 Å². The molecule has 1 N–H and O–H groups in total. The number of hydrogen-bond acceptors (Lipinski definition) is 3. The molecule has 1 rings (SSSR count). The molecule has 0 fully saturated rings. The number of aliphatic hydroxyl groups is 1. The van der Waals surface area contributed by atoms with E-state index in [0.717, 1.165) is 18.4 Å².